The van der Waals surface area contributed by atoms with Crippen LogP contribution in [0.5, 0.6) is 0 Å². The summed E-state index contributed by atoms with van der Waals surface area (Å²) < 4.78 is 0. The van der Waals surface area contributed by atoms with Gasteiger partial charge in [0.15, 0.2) is 0 Å². The standard InChI is InChI=1S/C10H20ClN5O/c1-7(2)8-14-16(6-15(8)12)9(17)13-10(3,4)5-11/h7H,5-6,12H2,1-4H3,(H,13,17). The van der Waals surface area contributed by atoms with E-state index in [9.17, 15) is 4.79 Å². The highest BCUT2D eigenvalue weighted by molar-refractivity contribution is 6.18. The number of nitrogens with zero attached hydrogens (tertiary/aromatic N) is 3. The van der Waals surface area contributed by atoms with E-state index in [0.717, 1.165) is 0 Å². The van der Waals surface area contributed by atoms with Crippen molar-refractivity contribution in [1.29, 1.82) is 0 Å². The number of urea groups is 1. The molecule has 0 spiro atoms. The van der Waals surface area contributed by atoms with E-state index in [1.165, 1.54) is 10.0 Å². The highest BCUT2D eigenvalue weighted by Crippen LogP contribution is 2.12. The molecule has 0 saturated carbocycles. The minimum Gasteiger partial charge on any atom is -0.330 e. The SMILES string of the molecule is CC(C)C1=NN(C(=O)NC(C)(C)CCl)CN1N. The van der Waals surface area contributed by atoms with Crippen molar-refractivity contribution in [2.45, 2.75) is 33.2 Å². The Bertz CT molecular complexity index is 329. The number of hydrazone groups is 1. The van der Waals surface area contributed by atoms with Gasteiger partial charge in [-0.15, -0.1) is 11.6 Å². The monoisotopic (exact) mass is 261 g/mol. The first-order valence-electron chi connectivity index (χ1n) is 5.53. The van der Waals surface area contributed by atoms with Crippen molar-refractivity contribution in [2.24, 2.45) is 16.9 Å². The lowest BCUT2D eigenvalue weighted by Gasteiger charge is -2.25. The molecule has 0 radical (unpaired) electrons. The topological polar surface area (TPSA) is 74.0 Å². The van der Waals surface area contributed by atoms with Crippen LogP contribution in [0.15, 0.2) is 5.10 Å². The molecule has 2 amide bonds. The molecule has 0 saturated heterocycles. The van der Waals surface area contributed by atoms with E-state index < -0.39 is 5.54 Å². The highest BCUT2D eigenvalue weighted by atomic mass is 35.5. The van der Waals surface area contributed by atoms with Crippen molar-refractivity contribution in [1.82, 2.24) is 15.3 Å². The van der Waals surface area contributed by atoms with Gasteiger partial charge in [-0.05, 0) is 13.8 Å². The summed E-state index contributed by atoms with van der Waals surface area (Å²) in [5.74, 6) is 6.97. The van der Waals surface area contributed by atoms with Crippen LogP contribution in [-0.4, -0.2) is 40.0 Å². The zero-order valence-electron chi connectivity index (χ0n) is 10.7. The maximum atomic E-state index is 11.9. The Morgan fingerprint density at radius 1 is 1.65 bits per heavy atom. The maximum absolute atomic E-state index is 11.9. The summed E-state index contributed by atoms with van der Waals surface area (Å²) in [6, 6.07) is -0.290. The second-order valence-corrected chi connectivity index (χ2v) is 5.34. The third-order valence-corrected chi connectivity index (χ3v) is 3.00. The molecule has 7 heteroatoms. The van der Waals surface area contributed by atoms with Gasteiger partial charge in [0.2, 0.25) is 0 Å². The van der Waals surface area contributed by atoms with Crippen molar-refractivity contribution >= 4 is 23.5 Å². The number of carbonyl (C=O) groups excluding carboxylic acids is 1. The first-order chi connectivity index (χ1) is 7.76. The van der Waals surface area contributed by atoms with Gasteiger partial charge < -0.3 is 5.32 Å². The molecule has 98 valence electrons. The van der Waals surface area contributed by atoms with E-state index in [-0.39, 0.29) is 18.6 Å². The zero-order valence-corrected chi connectivity index (χ0v) is 11.5. The van der Waals surface area contributed by atoms with Gasteiger partial charge in [-0.25, -0.2) is 10.6 Å². The van der Waals surface area contributed by atoms with Crippen LogP contribution >= 0.6 is 11.6 Å². The lowest BCUT2D eigenvalue weighted by atomic mass is 10.1. The summed E-state index contributed by atoms with van der Waals surface area (Å²) in [6.45, 7) is 7.91. The number of nitrogens with two attached hydrogens (primary N) is 1. The minimum absolute atomic E-state index is 0.179. The third kappa shape index (κ3) is 3.47. The molecule has 17 heavy (non-hydrogen) atoms. The summed E-state index contributed by atoms with van der Waals surface area (Å²) in [4.78, 5) is 11.9. The molecular formula is C10H20ClN5O. The number of nitrogens with one attached hydrogen (secondary N) is 1. The Morgan fingerprint density at radius 3 is 2.65 bits per heavy atom. The quantitative estimate of drug-likeness (QED) is 0.591. The van der Waals surface area contributed by atoms with E-state index in [1.54, 1.807) is 0 Å². The maximum Gasteiger partial charge on any atom is 0.340 e. The van der Waals surface area contributed by atoms with E-state index in [0.29, 0.717) is 11.7 Å². The van der Waals surface area contributed by atoms with E-state index >= 15 is 0 Å². The number of halogens is 1. The normalized spacial score (nSPS) is 16.5. The molecule has 0 aromatic carbocycles. The predicted octanol–water partition coefficient (Wildman–Crippen LogP) is 1.13. The van der Waals surface area contributed by atoms with Gasteiger partial charge in [-0.2, -0.15) is 10.1 Å². The molecule has 3 N–H and O–H groups in total. The number of amidine groups is 1. The van der Waals surface area contributed by atoms with Gasteiger partial charge in [0.25, 0.3) is 0 Å². The van der Waals surface area contributed by atoms with Gasteiger partial charge in [-0.1, -0.05) is 13.8 Å². The average Bonchev–Trinajstić information content (AvgIpc) is 2.60. The van der Waals surface area contributed by atoms with Crippen LogP contribution in [0.2, 0.25) is 0 Å². The summed E-state index contributed by atoms with van der Waals surface area (Å²) >= 11 is 5.75. The third-order valence-electron chi connectivity index (χ3n) is 2.33. The molecule has 0 aromatic heterocycles. The van der Waals surface area contributed by atoms with Crippen molar-refractivity contribution in [2.75, 3.05) is 12.5 Å². The Morgan fingerprint density at radius 2 is 2.24 bits per heavy atom. The summed E-state index contributed by atoms with van der Waals surface area (Å²) in [6.07, 6.45) is 0. The van der Waals surface area contributed by atoms with Crippen LogP contribution in [0, 0.1) is 5.92 Å². The fourth-order valence-electron chi connectivity index (χ4n) is 1.37. The van der Waals surface area contributed by atoms with Gasteiger partial charge in [0, 0.05) is 17.3 Å². The van der Waals surface area contributed by atoms with Crippen molar-refractivity contribution in [3.63, 3.8) is 0 Å². The van der Waals surface area contributed by atoms with Crippen LogP contribution < -0.4 is 11.2 Å². The van der Waals surface area contributed by atoms with Gasteiger partial charge in [-0.3, -0.25) is 5.01 Å². The van der Waals surface area contributed by atoms with E-state index in [2.05, 4.69) is 10.4 Å². The second-order valence-electron chi connectivity index (χ2n) is 5.07. The van der Waals surface area contributed by atoms with Gasteiger partial charge in [0.1, 0.15) is 12.5 Å². The van der Waals surface area contributed by atoms with Crippen molar-refractivity contribution in [3.8, 4) is 0 Å². The molecule has 0 aromatic rings. The molecule has 0 atom stereocenters. The minimum atomic E-state index is -0.464. The molecule has 1 aliphatic rings. The molecule has 6 nitrogen and oxygen atoms in total. The Hall–Kier alpha value is -1.01. The number of hydrogen-bond donors (Lipinski definition) is 2. The van der Waals surface area contributed by atoms with E-state index in [4.69, 9.17) is 17.4 Å². The van der Waals surface area contributed by atoms with Crippen molar-refractivity contribution in [3.05, 3.63) is 0 Å². The second kappa shape index (κ2) is 5.10. The fourth-order valence-corrected chi connectivity index (χ4v) is 1.44. The molecule has 0 aliphatic carbocycles. The number of carbonyl (C=O) groups is 1. The van der Waals surface area contributed by atoms with Gasteiger partial charge >= 0.3 is 6.03 Å². The first kappa shape index (κ1) is 14.1. The number of hydrogen-bond acceptors (Lipinski definition) is 4. The first-order valence-corrected chi connectivity index (χ1v) is 6.06. The Labute approximate surface area is 107 Å². The predicted molar refractivity (Wildman–Crippen MR) is 68.3 cm³/mol. The largest absolute Gasteiger partial charge is 0.340 e. The molecule has 0 bridgehead atoms. The number of amides is 2. The lowest BCUT2D eigenvalue weighted by molar-refractivity contribution is 0.181. The van der Waals surface area contributed by atoms with Crippen LogP contribution in [0.1, 0.15) is 27.7 Å². The number of hydrazine groups is 1. The fraction of sp³-hybridized carbons (Fsp3) is 0.800. The molecule has 0 fully saturated rings. The zero-order chi connectivity index (χ0) is 13.2. The molecule has 1 aliphatic heterocycles. The van der Waals surface area contributed by atoms with Crippen molar-refractivity contribution < 1.29 is 4.79 Å². The van der Waals surface area contributed by atoms with E-state index in [1.807, 2.05) is 27.7 Å². The number of rotatable bonds is 3. The Balaban J connectivity index is 2.68. The lowest BCUT2D eigenvalue weighted by Crippen LogP contribution is -2.50. The molecule has 0 unspecified atom stereocenters. The average molecular weight is 262 g/mol. The molecular weight excluding hydrogens is 242 g/mol. The Kier molecular flexibility index (Phi) is 4.21. The number of alkyl halides is 1. The molecule has 1 rings (SSSR count). The van der Waals surface area contributed by atoms with Crippen LogP contribution in [-0.2, 0) is 0 Å². The van der Waals surface area contributed by atoms with Gasteiger partial charge in [0.05, 0.1) is 0 Å². The summed E-state index contributed by atoms with van der Waals surface area (Å²) in [7, 11) is 0. The van der Waals surface area contributed by atoms with Crippen LogP contribution in [0.25, 0.3) is 0 Å². The summed E-state index contributed by atoms with van der Waals surface area (Å²) in [5.41, 5.74) is -0.464. The van der Waals surface area contributed by atoms with Crippen LogP contribution in [0.4, 0.5) is 4.79 Å². The molecule has 1 heterocycles. The summed E-state index contributed by atoms with van der Waals surface area (Å²) in [5, 5.41) is 9.76. The van der Waals surface area contributed by atoms with Crippen LogP contribution in [0.3, 0.4) is 0 Å². The smallest absolute Gasteiger partial charge is 0.330 e. The highest BCUT2D eigenvalue weighted by Gasteiger charge is 2.29.